The van der Waals surface area contributed by atoms with Gasteiger partial charge >= 0.3 is 0 Å². The summed E-state index contributed by atoms with van der Waals surface area (Å²) in [5.41, 5.74) is 12.6. The van der Waals surface area contributed by atoms with E-state index in [2.05, 4.69) is 122 Å². The van der Waals surface area contributed by atoms with Crippen molar-refractivity contribution in [1.82, 2.24) is 0 Å². The molecule has 0 saturated carbocycles. The lowest BCUT2D eigenvalue weighted by Gasteiger charge is -2.23. The highest BCUT2D eigenvalue weighted by molar-refractivity contribution is 6.09. The molecule has 6 rings (SSSR count). The van der Waals surface area contributed by atoms with E-state index in [0.29, 0.717) is 5.92 Å². The number of fused-ring (bicyclic) bond motifs is 2. The molecule has 2 unspecified atom stereocenters. The Bertz CT molecular complexity index is 1320. The normalized spacial score (nSPS) is 19.2. The molecule has 2 aliphatic carbocycles. The number of hydrogen-bond acceptors (Lipinski definition) is 0. The van der Waals surface area contributed by atoms with Crippen molar-refractivity contribution < 1.29 is 0 Å². The van der Waals surface area contributed by atoms with Gasteiger partial charge in [0, 0.05) is 11.8 Å². The van der Waals surface area contributed by atoms with Crippen molar-refractivity contribution in [2.24, 2.45) is 0 Å². The van der Waals surface area contributed by atoms with Crippen molar-refractivity contribution in [2.75, 3.05) is 0 Å². The van der Waals surface area contributed by atoms with Gasteiger partial charge in [-0.15, -0.1) is 0 Å². The lowest BCUT2D eigenvalue weighted by molar-refractivity contribution is 1.01. The summed E-state index contributed by atoms with van der Waals surface area (Å²) in [7, 11) is 0. The van der Waals surface area contributed by atoms with Crippen LogP contribution in [-0.4, -0.2) is 0 Å². The third kappa shape index (κ3) is 2.83. The molecule has 0 nitrogen and oxygen atoms in total. The molecule has 0 heterocycles. The first-order chi connectivity index (χ1) is 15.3. The molecule has 0 spiro atoms. The predicted octanol–water partition coefficient (Wildman–Crippen LogP) is 8.05. The molecule has 0 aromatic heterocycles. The lowest BCUT2D eigenvalue weighted by atomic mass is 9.80. The molecule has 4 aromatic rings. The van der Waals surface area contributed by atoms with Gasteiger partial charge < -0.3 is 0 Å². The minimum atomic E-state index is 0.236. The smallest absolute Gasteiger partial charge is 0.0361 e. The Balaban J connectivity index is 1.66. The van der Waals surface area contributed by atoms with Crippen LogP contribution in [0.3, 0.4) is 0 Å². The summed E-state index contributed by atoms with van der Waals surface area (Å²) in [6.45, 7) is 2.36. The maximum Gasteiger partial charge on any atom is 0.0361 e. The minimum Gasteiger partial charge on any atom is -0.0622 e. The standard InChI is InChI=1S/C31H24/c1-21-25-17-10-11-19-27(25)31(29(21)23-14-6-3-7-15-23)30-26-18-9-8-16-24(26)20-28(30)22-12-4-2-5-13-22/h2-21,30H,1H3. The minimum absolute atomic E-state index is 0.236. The highest BCUT2D eigenvalue weighted by atomic mass is 14.4. The van der Waals surface area contributed by atoms with Crippen LogP contribution in [0.4, 0.5) is 0 Å². The molecule has 2 atom stereocenters. The number of allylic oxidation sites excluding steroid dienone is 3. The van der Waals surface area contributed by atoms with Gasteiger partial charge in [0.1, 0.15) is 0 Å². The molecule has 31 heavy (non-hydrogen) atoms. The van der Waals surface area contributed by atoms with Crippen LogP contribution in [0.2, 0.25) is 0 Å². The number of hydrogen-bond donors (Lipinski definition) is 0. The van der Waals surface area contributed by atoms with Crippen molar-refractivity contribution in [3.05, 3.63) is 143 Å². The van der Waals surface area contributed by atoms with Gasteiger partial charge in [0.25, 0.3) is 0 Å². The Kier molecular flexibility index (Phi) is 4.25. The fourth-order valence-electron chi connectivity index (χ4n) is 5.50. The maximum absolute atomic E-state index is 2.40. The average molecular weight is 397 g/mol. The highest BCUT2D eigenvalue weighted by Gasteiger charge is 2.38. The van der Waals surface area contributed by atoms with Gasteiger partial charge in [-0.25, -0.2) is 0 Å². The summed E-state index contributed by atoms with van der Waals surface area (Å²) in [5, 5.41) is 0. The molecule has 0 saturated heterocycles. The third-order valence-electron chi connectivity index (χ3n) is 6.85. The Morgan fingerprint density at radius 1 is 0.516 bits per heavy atom. The van der Waals surface area contributed by atoms with E-state index in [1.54, 1.807) is 0 Å². The largest absolute Gasteiger partial charge is 0.0622 e. The van der Waals surface area contributed by atoms with Gasteiger partial charge in [-0.05, 0) is 56.2 Å². The van der Waals surface area contributed by atoms with E-state index >= 15 is 0 Å². The molecule has 4 aromatic carbocycles. The van der Waals surface area contributed by atoms with Crippen molar-refractivity contribution in [1.29, 1.82) is 0 Å². The first-order valence-electron chi connectivity index (χ1n) is 11.1. The van der Waals surface area contributed by atoms with Crippen LogP contribution >= 0.6 is 0 Å². The molecular formula is C31H24. The zero-order valence-electron chi connectivity index (χ0n) is 17.6. The zero-order valence-corrected chi connectivity index (χ0v) is 17.6. The lowest BCUT2D eigenvalue weighted by Crippen LogP contribution is -2.03. The molecule has 2 aliphatic rings. The van der Waals surface area contributed by atoms with Gasteiger partial charge in [0.2, 0.25) is 0 Å². The molecule has 0 radical (unpaired) electrons. The molecule has 0 fully saturated rings. The Morgan fingerprint density at radius 3 is 1.84 bits per heavy atom. The summed E-state index contributed by atoms with van der Waals surface area (Å²) in [5.74, 6) is 0.610. The van der Waals surface area contributed by atoms with Crippen LogP contribution < -0.4 is 0 Å². The van der Waals surface area contributed by atoms with Crippen molar-refractivity contribution >= 4 is 22.8 Å². The van der Waals surface area contributed by atoms with E-state index in [0.717, 1.165) is 0 Å². The summed E-state index contributed by atoms with van der Waals surface area (Å²) < 4.78 is 0. The van der Waals surface area contributed by atoms with E-state index in [4.69, 9.17) is 0 Å². The first-order valence-corrected chi connectivity index (χ1v) is 11.1. The number of rotatable bonds is 3. The Morgan fingerprint density at radius 2 is 1.10 bits per heavy atom. The monoisotopic (exact) mass is 396 g/mol. The van der Waals surface area contributed by atoms with E-state index in [1.807, 2.05) is 0 Å². The molecule has 0 N–H and O–H groups in total. The molecule has 0 heteroatoms. The summed E-state index contributed by atoms with van der Waals surface area (Å²) in [6.07, 6.45) is 2.40. The third-order valence-corrected chi connectivity index (χ3v) is 6.85. The fourth-order valence-corrected chi connectivity index (χ4v) is 5.50. The SMILES string of the molecule is CC1C(c2ccccc2)=C(C2C(c3ccccc3)=Cc3ccccc32)c2ccccc21. The summed E-state index contributed by atoms with van der Waals surface area (Å²) in [4.78, 5) is 0. The summed E-state index contributed by atoms with van der Waals surface area (Å²) >= 11 is 0. The zero-order chi connectivity index (χ0) is 20.8. The second kappa shape index (κ2) is 7.25. The Hall–Kier alpha value is -3.64. The highest BCUT2D eigenvalue weighted by Crippen LogP contribution is 2.57. The topological polar surface area (TPSA) is 0 Å². The van der Waals surface area contributed by atoms with Crippen LogP contribution in [0.15, 0.2) is 109 Å². The molecule has 0 bridgehead atoms. The van der Waals surface area contributed by atoms with Gasteiger partial charge in [0.15, 0.2) is 0 Å². The average Bonchev–Trinajstić information content (AvgIpc) is 3.35. The van der Waals surface area contributed by atoms with E-state index in [9.17, 15) is 0 Å². The number of benzene rings is 4. The van der Waals surface area contributed by atoms with Crippen LogP contribution in [0.5, 0.6) is 0 Å². The fraction of sp³-hybridized carbons (Fsp3) is 0.0968. The van der Waals surface area contributed by atoms with Crippen molar-refractivity contribution in [2.45, 2.75) is 18.8 Å². The van der Waals surface area contributed by atoms with E-state index in [1.165, 1.54) is 50.1 Å². The summed E-state index contributed by atoms with van der Waals surface area (Å²) in [6, 6.07) is 39.7. The van der Waals surface area contributed by atoms with Crippen molar-refractivity contribution in [3.63, 3.8) is 0 Å². The van der Waals surface area contributed by atoms with Gasteiger partial charge in [0.05, 0.1) is 0 Å². The van der Waals surface area contributed by atoms with Gasteiger partial charge in [-0.3, -0.25) is 0 Å². The Labute approximate surface area is 184 Å². The van der Waals surface area contributed by atoms with E-state index < -0.39 is 0 Å². The first kappa shape index (κ1) is 18.2. The molecular weight excluding hydrogens is 372 g/mol. The molecule has 0 aliphatic heterocycles. The van der Waals surface area contributed by atoms with Crippen LogP contribution in [0.25, 0.3) is 22.8 Å². The molecule has 0 amide bonds. The van der Waals surface area contributed by atoms with Crippen LogP contribution in [0.1, 0.15) is 52.1 Å². The van der Waals surface area contributed by atoms with Crippen molar-refractivity contribution in [3.8, 4) is 0 Å². The maximum atomic E-state index is 2.40. The predicted molar refractivity (Wildman–Crippen MR) is 132 cm³/mol. The quantitative estimate of drug-likeness (QED) is 0.328. The van der Waals surface area contributed by atoms with Crippen LogP contribution in [-0.2, 0) is 0 Å². The van der Waals surface area contributed by atoms with Gasteiger partial charge in [-0.2, -0.15) is 0 Å². The molecule has 148 valence electrons. The second-order valence-corrected chi connectivity index (χ2v) is 8.53. The second-order valence-electron chi connectivity index (χ2n) is 8.53. The van der Waals surface area contributed by atoms with Crippen LogP contribution in [0, 0.1) is 0 Å². The van der Waals surface area contributed by atoms with E-state index in [-0.39, 0.29) is 5.92 Å². The van der Waals surface area contributed by atoms with Gasteiger partial charge in [-0.1, -0.05) is 116 Å².